The van der Waals surface area contributed by atoms with Gasteiger partial charge < -0.3 is 5.32 Å². The molecular weight excluding hydrogens is 424 g/mol. The molecule has 0 bridgehead atoms. The van der Waals surface area contributed by atoms with Crippen molar-refractivity contribution < 1.29 is 9.18 Å². The van der Waals surface area contributed by atoms with E-state index in [9.17, 15) is 9.18 Å². The van der Waals surface area contributed by atoms with Crippen molar-refractivity contribution in [1.29, 1.82) is 0 Å². The molecule has 3 aromatic carbocycles. The first-order valence-corrected chi connectivity index (χ1v) is 9.90. The third kappa shape index (κ3) is 4.37. The first-order valence-electron chi connectivity index (χ1n) is 9.15. The Morgan fingerprint density at radius 2 is 1.67 bits per heavy atom. The average molecular weight is 440 g/mol. The molecule has 7 heteroatoms. The molecule has 0 saturated heterocycles. The summed E-state index contributed by atoms with van der Waals surface area (Å²) in [6.45, 7) is 0.256. The first kappa shape index (κ1) is 20.1. The van der Waals surface area contributed by atoms with E-state index in [2.05, 4.69) is 10.4 Å². The van der Waals surface area contributed by atoms with Crippen molar-refractivity contribution in [2.24, 2.45) is 0 Å². The zero-order valence-electron chi connectivity index (χ0n) is 15.6. The van der Waals surface area contributed by atoms with Gasteiger partial charge in [0.15, 0.2) is 0 Å². The van der Waals surface area contributed by atoms with Gasteiger partial charge in [-0.2, -0.15) is 5.10 Å². The van der Waals surface area contributed by atoms with Gasteiger partial charge in [0.2, 0.25) is 0 Å². The highest BCUT2D eigenvalue weighted by molar-refractivity contribution is 6.33. The number of amides is 1. The van der Waals surface area contributed by atoms with Crippen molar-refractivity contribution in [3.05, 3.63) is 106 Å². The predicted molar refractivity (Wildman–Crippen MR) is 117 cm³/mol. The number of carbonyl (C=O) groups excluding carboxylic acids is 1. The minimum absolute atomic E-state index is 0.256. The maximum Gasteiger partial charge on any atom is 0.270 e. The van der Waals surface area contributed by atoms with Gasteiger partial charge in [-0.25, -0.2) is 9.07 Å². The zero-order valence-corrected chi connectivity index (χ0v) is 17.2. The van der Waals surface area contributed by atoms with Crippen molar-refractivity contribution in [2.75, 3.05) is 0 Å². The Bertz CT molecular complexity index is 1190. The normalized spacial score (nSPS) is 10.8. The smallest absolute Gasteiger partial charge is 0.270 e. The summed E-state index contributed by atoms with van der Waals surface area (Å²) in [7, 11) is 0. The van der Waals surface area contributed by atoms with Crippen molar-refractivity contribution in [1.82, 2.24) is 15.1 Å². The molecule has 1 N–H and O–H groups in total. The Morgan fingerprint density at radius 1 is 0.967 bits per heavy atom. The van der Waals surface area contributed by atoms with Crippen LogP contribution in [0.3, 0.4) is 0 Å². The van der Waals surface area contributed by atoms with Gasteiger partial charge >= 0.3 is 0 Å². The molecule has 0 aliphatic carbocycles. The molecule has 0 unspecified atom stereocenters. The number of halogens is 3. The summed E-state index contributed by atoms with van der Waals surface area (Å²) in [6, 6.07) is 22.0. The molecule has 0 radical (unpaired) electrons. The maximum absolute atomic E-state index is 13.1. The molecular formula is C23H16Cl2FN3O. The lowest BCUT2D eigenvalue weighted by Crippen LogP contribution is -2.25. The second-order valence-corrected chi connectivity index (χ2v) is 7.44. The third-order valence-corrected chi connectivity index (χ3v) is 5.11. The van der Waals surface area contributed by atoms with Gasteiger partial charge in [-0.3, -0.25) is 4.79 Å². The fourth-order valence-corrected chi connectivity index (χ4v) is 3.36. The largest absolute Gasteiger partial charge is 0.347 e. The van der Waals surface area contributed by atoms with E-state index in [0.29, 0.717) is 27.1 Å². The van der Waals surface area contributed by atoms with Gasteiger partial charge in [-0.1, -0.05) is 53.5 Å². The van der Waals surface area contributed by atoms with Gasteiger partial charge in [0.05, 0.1) is 16.4 Å². The summed E-state index contributed by atoms with van der Waals surface area (Å²) in [6.07, 6.45) is 0. The second-order valence-electron chi connectivity index (χ2n) is 6.59. The quantitative estimate of drug-likeness (QED) is 0.419. The fourth-order valence-electron chi connectivity index (χ4n) is 3.00. The Kier molecular flexibility index (Phi) is 5.84. The van der Waals surface area contributed by atoms with Crippen LogP contribution < -0.4 is 5.32 Å². The Morgan fingerprint density at radius 3 is 2.37 bits per heavy atom. The summed E-state index contributed by atoms with van der Waals surface area (Å²) in [4.78, 5) is 13.0. The first-order chi connectivity index (χ1) is 14.5. The average Bonchev–Trinajstić information content (AvgIpc) is 3.19. The van der Waals surface area contributed by atoms with Gasteiger partial charge in [0.25, 0.3) is 5.91 Å². The summed E-state index contributed by atoms with van der Waals surface area (Å²) >= 11 is 12.3. The van der Waals surface area contributed by atoms with E-state index in [1.807, 2.05) is 18.2 Å². The van der Waals surface area contributed by atoms with E-state index in [1.165, 1.54) is 12.1 Å². The van der Waals surface area contributed by atoms with E-state index in [-0.39, 0.29) is 18.3 Å². The summed E-state index contributed by atoms with van der Waals surface area (Å²) in [5.74, 6) is -0.643. The highest BCUT2D eigenvalue weighted by Gasteiger charge is 2.18. The molecule has 4 aromatic rings. The topological polar surface area (TPSA) is 46.9 Å². The molecule has 1 aromatic heterocycles. The highest BCUT2D eigenvalue weighted by Crippen LogP contribution is 2.28. The molecule has 1 amide bonds. The van der Waals surface area contributed by atoms with Gasteiger partial charge in [0, 0.05) is 17.1 Å². The molecule has 4 rings (SSSR count). The molecule has 0 spiro atoms. The lowest BCUT2D eigenvalue weighted by atomic mass is 10.1. The predicted octanol–water partition coefficient (Wildman–Crippen LogP) is 5.92. The van der Waals surface area contributed by atoms with Crippen molar-refractivity contribution in [2.45, 2.75) is 6.54 Å². The van der Waals surface area contributed by atoms with E-state index in [1.54, 1.807) is 53.2 Å². The van der Waals surface area contributed by atoms with Crippen LogP contribution in [-0.4, -0.2) is 15.7 Å². The van der Waals surface area contributed by atoms with Crippen molar-refractivity contribution in [3.63, 3.8) is 0 Å². The molecule has 4 nitrogen and oxygen atoms in total. The number of benzene rings is 3. The third-order valence-electron chi connectivity index (χ3n) is 4.53. The van der Waals surface area contributed by atoms with Crippen LogP contribution in [-0.2, 0) is 6.54 Å². The lowest BCUT2D eigenvalue weighted by Gasteiger charge is -2.09. The molecule has 150 valence electrons. The van der Waals surface area contributed by atoms with Gasteiger partial charge in [-0.05, 0) is 54.1 Å². The Labute approximate surface area is 182 Å². The lowest BCUT2D eigenvalue weighted by molar-refractivity contribution is 0.0943. The van der Waals surface area contributed by atoms with Crippen LogP contribution >= 0.6 is 23.2 Å². The SMILES string of the molecule is O=C(NCc1ccc(F)cc1)c1cc(-c2ccccc2Cl)nn1-c1ccc(Cl)cc1. The number of nitrogens with zero attached hydrogens (tertiary/aromatic N) is 2. The zero-order chi connectivity index (χ0) is 21.1. The standard InChI is InChI=1S/C23H16Cl2FN3O/c24-16-7-11-18(12-8-16)29-22(13-21(28-29)19-3-1-2-4-20(19)25)23(30)27-14-15-5-9-17(26)10-6-15/h1-13H,14H2,(H,27,30). The number of hydrogen-bond donors (Lipinski definition) is 1. The monoisotopic (exact) mass is 439 g/mol. The number of carbonyl (C=O) groups is 1. The van der Waals surface area contributed by atoms with Gasteiger partial charge in [-0.15, -0.1) is 0 Å². The molecule has 1 heterocycles. The van der Waals surface area contributed by atoms with E-state index in [4.69, 9.17) is 23.2 Å². The highest BCUT2D eigenvalue weighted by atomic mass is 35.5. The van der Waals surface area contributed by atoms with Crippen molar-refractivity contribution >= 4 is 29.1 Å². The fraction of sp³-hybridized carbons (Fsp3) is 0.0435. The second kappa shape index (κ2) is 8.69. The van der Waals surface area contributed by atoms with Crippen LogP contribution in [0.4, 0.5) is 4.39 Å². The van der Waals surface area contributed by atoms with Crippen LogP contribution in [0.25, 0.3) is 16.9 Å². The summed E-state index contributed by atoms with van der Waals surface area (Å²) < 4.78 is 14.6. The molecule has 0 atom stereocenters. The summed E-state index contributed by atoms with van der Waals surface area (Å²) in [5.41, 5.74) is 3.11. The number of hydrogen-bond acceptors (Lipinski definition) is 2. The maximum atomic E-state index is 13.1. The van der Waals surface area contributed by atoms with E-state index in [0.717, 1.165) is 11.1 Å². The Balaban J connectivity index is 1.69. The Hall–Kier alpha value is -3.15. The molecule has 0 fully saturated rings. The van der Waals surface area contributed by atoms with E-state index < -0.39 is 0 Å². The van der Waals surface area contributed by atoms with Crippen LogP contribution in [0.1, 0.15) is 16.1 Å². The minimum atomic E-state index is -0.324. The van der Waals surface area contributed by atoms with Gasteiger partial charge in [0.1, 0.15) is 11.5 Å². The van der Waals surface area contributed by atoms with Crippen LogP contribution in [0.2, 0.25) is 10.0 Å². The summed E-state index contributed by atoms with van der Waals surface area (Å²) in [5, 5.41) is 8.58. The number of rotatable bonds is 5. The molecule has 30 heavy (non-hydrogen) atoms. The molecule has 0 aliphatic heterocycles. The number of aromatic nitrogens is 2. The molecule has 0 aliphatic rings. The number of nitrogens with one attached hydrogen (secondary N) is 1. The van der Waals surface area contributed by atoms with Crippen LogP contribution in [0.15, 0.2) is 78.9 Å². The molecule has 0 saturated carbocycles. The minimum Gasteiger partial charge on any atom is -0.347 e. The van der Waals surface area contributed by atoms with E-state index >= 15 is 0 Å². The van der Waals surface area contributed by atoms with Crippen molar-refractivity contribution in [3.8, 4) is 16.9 Å². The van der Waals surface area contributed by atoms with Crippen LogP contribution in [0.5, 0.6) is 0 Å². The van der Waals surface area contributed by atoms with Crippen LogP contribution in [0, 0.1) is 5.82 Å².